The Morgan fingerprint density at radius 2 is 1.77 bits per heavy atom. The van der Waals surface area contributed by atoms with Gasteiger partial charge in [0.05, 0.1) is 10.7 Å². The molecule has 3 rings (SSSR count). The number of anilines is 1. The molecular weight excluding hydrogens is 416 g/mol. The maximum absolute atomic E-state index is 13.9. The van der Waals surface area contributed by atoms with Crippen LogP contribution in [0.25, 0.3) is 0 Å². The third-order valence-corrected chi connectivity index (χ3v) is 5.55. The van der Waals surface area contributed by atoms with Gasteiger partial charge in [0.25, 0.3) is 0 Å². The molecule has 0 unspecified atom stereocenters. The molecule has 2 aromatic carbocycles. The van der Waals surface area contributed by atoms with Crippen LogP contribution in [0.1, 0.15) is 5.56 Å². The highest BCUT2D eigenvalue weighted by molar-refractivity contribution is 7.80. The zero-order chi connectivity index (χ0) is 18.7. The predicted octanol–water partition coefficient (Wildman–Crippen LogP) is 5.30. The molecule has 26 heavy (non-hydrogen) atoms. The quantitative estimate of drug-likeness (QED) is 0.663. The van der Waals surface area contributed by atoms with Gasteiger partial charge in [-0.15, -0.1) is 0 Å². The molecule has 0 saturated carbocycles. The maximum Gasteiger partial charge on any atom is 0.173 e. The Morgan fingerprint density at radius 3 is 2.46 bits per heavy atom. The molecule has 8 heteroatoms. The Hall–Kier alpha value is -1.11. The SMILES string of the molecule is Fc1cccc(Cl)c1CN1CCN(C(=S)Nc2cc(Cl)ccc2Cl)CC1. The fourth-order valence-electron chi connectivity index (χ4n) is 2.80. The number of nitrogens with one attached hydrogen (secondary N) is 1. The van der Waals surface area contributed by atoms with E-state index < -0.39 is 0 Å². The molecule has 0 amide bonds. The van der Waals surface area contributed by atoms with Gasteiger partial charge in [-0.3, -0.25) is 4.90 Å². The van der Waals surface area contributed by atoms with Crippen LogP contribution in [0, 0.1) is 5.82 Å². The fourth-order valence-corrected chi connectivity index (χ4v) is 3.66. The largest absolute Gasteiger partial charge is 0.346 e. The molecule has 1 fully saturated rings. The first-order chi connectivity index (χ1) is 12.4. The summed E-state index contributed by atoms with van der Waals surface area (Å²) in [5.41, 5.74) is 1.22. The Morgan fingerprint density at radius 1 is 1.04 bits per heavy atom. The standard InChI is InChI=1S/C18H17Cl3FN3S/c19-12-4-5-15(21)17(10-12)23-18(26)25-8-6-24(7-9-25)11-13-14(20)2-1-3-16(13)22/h1-5,10H,6-9,11H2,(H,23,26). The van der Waals surface area contributed by atoms with Gasteiger partial charge < -0.3 is 10.2 Å². The summed E-state index contributed by atoms with van der Waals surface area (Å²) in [6, 6.07) is 9.96. The molecule has 0 radical (unpaired) electrons. The average molecular weight is 433 g/mol. The summed E-state index contributed by atoms with van der Waals surface area (Å²) < 4.78 is 13.9. The molecule has 1 saturated heterocycles. The number of halogens is 4. The Balaban J connectivity index is 1.56. The maximum atomic E-state index is 13.9. The molecule has 0 aliphatic carbocycles. The highest BCUT2D eigenvalue weighted by Gasteiger charge is 2.21. The third-order valence-electron chi connectivity index (χ3n) is 4.27. The predicted molar refractivity (Wildman–Crippen MR) is 111 cm³/mol. The van der Waals surface area contributed by atoms with E-state index in [0.29, 0.717) is 38.0 Å². The van der Waals surface area contributed by atoms with Crippen molar-refractivity contribution in [3.05, 3.63) is 62.8 Å². The van der Waals surface area contributed by atoms with Crippen LogP contribution < -0.4 is 5.32 Å². The minimum Gasteiger partial charge on any atom is -0.346 e. The second-order valence-corrected chi connectivity index (χ2v) is 7.66. The zero-order valence-electron chi connectivity index (χ0n) is 13.8. The van der Waals surface area contributed by atoms with E-state index in [0.717, 1.165) is 26.2 Å². The van der Waals surface area contributed by atoms with Crippen LogP contribution in [0.4, 0.5) is 10.1 Å². The van der Waals surface area contributed by atoms with Crippen LogP contribution in [0.2, 0.25) is 15.1 Å². The fraction of sp³-hybridized carbons (Fsp3) is 0.278. The van der Waals surface area contributed by atoms with E-state index in [4.69, 9.17) is 47.0 Å². The second-order valence-electron chi connectivity index (χ2n) is 6.02. The molecule has 3 nitrogen and oxygen atoms in total. The molecule has 2 aromatic rings. The molecule has 0 bridgehead atoms. The van der Waals surface area contributed by atoms with Crippen LogP contribution in [-0.2, 0) is 6.54 Å². The van der Waals surface area contributed by atoms with Crippen LogP contribution in [0.5, 0.6) is 0 Å². The van der Waals surface area contributed by atoms with Gasteiger partial charge in [0.2, 0.25) is 0 Å². The molecule has 1 aliphatic rings. The van der Waals surface area contributed by atoms with Gasteiger partial charge in [-0.1, -0.05) is 40.9 Å². The highest BCUT2D eigenvalue weighted by Crippen LogP contribution is 2.26. The first-order valence-electron chi connectivity index (χ1n) is 8.10. The minimum absolute atomic E-state index is 0.271. The molecule has 0 spiro atoms. The smallest absolute Gasteiger partial charge is 0.173 e. The van der Waals surface area contributed by atoms with Crippen LogP contribution in [-0.4, -0.2) is 41.1 Å². The lowest BCUT2D eigenvalue weighted by Crippen LogP contribution is -2.49. The van der Waals surface area contributed by atoms with E-state index in [2.05, 4.69) is 15.1 Å². The van der Waals surface area contributed by atoms with Crippen molar-refractivity contribution >= 4 is 57.8 Å². The second kappa shape index (κ2) is 8.72. The minimum atomic E-state index is -0.271. The monoisotopic (exact) mass is 431 g/mol. The molecule has 1 aliphatic heterocycles. The van der Waals surface area contributed by atoms with E-state index in [9.17, 15) is 4.39 Å². The van der Waals surface area contributed by atoms with Crippen molar-refractivity contribution < 1.29 is 4.39 Å². The summed E-state index contributed by atoms with van der Waals surface area (Å²) in [7, 11) is 0. The van der Waals surface area contributed by atoms with E-state index >= 15 is 0 Å². The summed E-state index contributed by atoms with van der Waals surface area (Å²) in [5, 5.41) is 5.35. The number of rotatable bonds is 3. The van der Waals surface area contributed by atoms with Crippen LogP contribution in [0.3, 0.4) is 0 Å². The van der Waals surface area contributed by atoms with E-state index in [1.165, 1.54) is 6.07 Å². The van der Waals surface area contributed by atoms with Crippen molar-refractivity contribution in [1.29, 1.82) is 0 Å². The highest BCUT2D eigenvalue weighted by atomic mass is 35.5. The molecule has 1 heterocycles. The van der Waals surface area contributed by atoms with Crippen molar-refractivity contribution in [2.75, 3.05) is 31.5 Å². The van der Waals surface area contributed by atoms with Crippen molar-refractivity contribution in [2.45, 2.75) is 6.54 Å². The lowest BCUT2D eigenvalue weighted by molar-refractivity contribution is 0.175. The lowest BCUT2D eigenvalue weighted by atomic mass is 10.2. The van der Waals surface area contributed by atoms with Crippen molar-refractivity contribution in [1.82, 2.24) is 9.80 Å². The summed E-state index contributed by atoms with van der Waals surface area (Å²) >= 11 is 23.8. The number of hydrogen-bond donors (Lipinski definition) is 1. The Kier molecular flexibility index (Phi) is 6.59. The van der Waals surface area contributed by atoms with Gasteiger partial charge in [-0.25, -0.2) is 4.39 Å². The Bertz CT molecular complexity index is 790. The first-order valence-corrected chi connectivity index (χ1v) is 9.64. The molecule has 1 N–H and O–H groups in total. The Labute approximate surface area is 172 Å². The first kappa shape index (κ1) is 19.6. The lowest BCUT2D eigenvalue weighted by Gasteiger charge is -2.36. The summed E-state index contributed by atoms with van der Waals surface area (Å²) in [6.45, 7) is 3.47. The van der Waals surface area contributed by atoms with Crippen molar-refractivity contribution in [3.8, 4) is 0 Å². The molecule has 138 valence electrons. The number of benzene rings is 2. The van der Waals surface area contributed by atoms with Crippen molar-refractivity contribution in [3.63, 3.8) is 0 Å². The van der Waals surface area contributed by atoms with E-state index in [1.807, 2.05) is 0 Å². The summed E-state index contributed by atoms with van der Waals surface area (Å²) in [6.07, 6.45) is 0. The zero-order valence-corrected chi connectivity index (χ0v) is 16.9. The van der Waals surface area contributed by atoms with E-state index in [-0.39, 0.29) is 5.82 Å². The molecular formula is C18H17Cl3FN3S. The third kappa shape index (κ3) is 4.78. The van der Waals surface area contributed by atoms with Gasteiger partial charge >= 0.3 is 0 Å². The normalized spacial score (nSPS) is 15.2. The summed E-state index contributed by atoms with van der Waals surface area (Å²) in [5.74, 6) is -0.271. The van der Waals surface area contributed by atoms with Crippen molar-refractivity contribution in [2.24, 2.45) is 0 Å². The van der Waals surface area contributed by atoms with E-state index in [1.54, 1.807) is 30.3 Å². The number of hydrogen-bond acceptors (Lipinski definition) is 2. The molecule has 0 atom stereocenters. The van der Waals surface area contributed by atoms with Gasteiger partial charge in [0.1, 0.15) is 5.82 Å². The van der Waals surface area contributed by atoms with Gasteiger partial charge in [0, 0.05) is 48.3 Å². The van der Waals surface area contributed by atoms with Gasteiger partial charge in [-0.05, 0) is 42.5 Å². The van der Waals surface area contributed by atoms with Gasteiger partial charge in [-0.2, -0.15) is 0 Å². The van der Waals surface area contributed by atoms with Crippen LogP contribution >= 0.6 is 47.0 Å². The average Bonchev–Trinajstić information content (AvgIpc) is 2.62. The summed E-state index contributed by atoms with van der Waals surface area (Å²) in [4.78, 5) is 4.22. The number of thiocarbonyl (C=S) groups is 1. The topological polar surface area (TPSA) is 18.5 Å². The van der Waals surface area contributed by atoms with Crippen LogP contribution in [0.15, 0.2) is 36.4 Å². The molecule has 0 aromatic heterocycles. The van der Waals surface area contributed by atoms with Gasteiger partial charge in [0.15, 0.2) is 5.11 Å². The number of piperazine rings is 1. The number of nitrogens with zero attached hydrogens (tertiary/aromatic N) is 2.